The van der Waals surface area contributed by atoms with Crippen LogP contribution in [0.4, 0.5) is 0 Å². The van der Waals surface area contributed by atoms with Gasteiger partial charge in [-0.25, -0.2) is 0 Å². The quantitative estimate of drug-likeness (QED) is 0.486. The van der Waals surface area contributed by atoms with E-state index in [9.17, 15) is 0 Å². The van der Waals surface area contributed by atoms with Gasteiger partial charge in [-0.3, -0.25) is 0 Å². The minimum atomic E-state index is 0.422. The molecule has 1 heteroatoms. The molecule has 150 valence electrons. The average Bonchev–Trinajstić information content (AvgIpc) is 2.98. The molecule has 6 atom stereocenters. The predicted molar refractivity (Wildman–Crippen MR) is 116 cm³/mol. The van der Waals surface area contributed by atoms with E-state index in [1.807, 2.05) is 0 Å². The lowest BCUT2D eigenvalue weighted by Gasteiger charge is -2.60. The van der Waals surface area contributed by atoms with E-state index in [-0.39, 0.29) is 0 Å². The number of hydrogen-bond donors (Lipinski definition) is 0. The highest BCUT2D eigenvalue weighted by Gasteiger charge is 2.57. The first-order chi connectivity index (χ1) is 12.9. The fraction of sp³-hybridized carbons (Fsp3) is 0.769. The Kier molecular flexibility index (Phi) is 5.10. The van der Waals surface area contributed by atoms with Crippen molar-refractivity contribution in [3.05, 3.63) is 35.6 Å². The molecule has 0 aliphatic heterocycles. The molecule has 0 aromatic carbocycles. The van der Waals surface area contributed by atoms with Crippen LogP contribution in [-0.2, 0) is 0 Å². The molecule has 0 radical (unpaired) electrons. The monoisotopic (exact) mass is 367 g/mol. The first-order valence-corrected chi connectivity index (χ1v) is 11.6. The Bertz CT molecular complexity index is 653. The van der Waals surface area contributed by atoms with Crippen LogP contribution < -0.4 is 0 Å². The molecule has 0 bridgehead atoms. The number of fused-ring (bicyclic) bond motifs is 5. The smallest absolute Gasteiger partial charge is 0.00556 e. The highest BCUT2D eigenvalue weighted by atomic mass is 15.0. The van der Waals surface area contributed by atoms with Crippen LogP contribution in [0.25, 0.3) is 0 Å². The molecule has 0 spiro atoms. The highest BCUT2D eigenvalue weighted by molar-refractivity contribution is 5.41. The second kappa shape index (κ2) is 7.12. The van der Waals surface area contributed by atoms with E-state index in [0.717, 1.165) is 23.7 Å². The molecule has 1 unspecified atom stereocenters. The van der Waals surface area contributed by atoms with E-state index >= 15 is 0 Å². The van der Waals surface area contributed by atoms with Crippen LogP contribution in [0.3, 0.4) is 0 Å². The molecular formula is C26H41N. The van der Waals surface area contributed by atoms with Gasteiger partial charge in [-0.2, -0.15) is 0 Å². The van der Waals surface area contributed by atoms with Crippen molar-refractivity contribution in [1.82, 2.24) is 4.90 Å². The summed E-state index contributed by atoms with van der Waals surface area (Å²) in [6, 6.07) is 0. The molecule has 0 heterocycles. The molecule has 3 saturated carbocycles. The van der Waals surface area contributed by atoms with E-state index in [4.69, 9.17) is 0 Å². The van der Waals surface area contributed by atoms with Crippen molar-refractivity contribution < 1.29 is 0 Å². The molecule has 3 fully saturated rings. The van der Waals surface area contributed by atoms with Crippen molar-refractivity contribution in [2.45, 2.75) is 78.6 Å². The van der Waals surface area contributed by atoms with Crippen LogP contribution in [0.5, 0.6) is 0 Å². The molecule has 0 aromatic heterocycles. The standard InChI is InChI=1S/C26H41N/c1-19(9-8-18-27(4)5)22-13-14-23-21-12-11-20-10-6-7-16-25(20,2)24(21)15-17-26(22,23)3/h8-9,13,18,20-21,23-24H,6-7,10-12,14-17H2,1-5H3/t20?,21-,23-,24-,25-,26+/m0/s1. The zero-order chi connectivity index (χ0) is 19.2. The molecule has 0 saturated heterocycles. The maximum atomic E-state index is 2.69. The van der Waals surface area contributed by atoms with Crippen molar-refractivity contribution in [3.8, 4) is 0 Å². The Morgan fingerprint density at radius 1 is 1.04 bits per heavy atom. The van der Waals surface area contributed by atoms with Crippen LogP contribution in [0.15, 0.2) is 35.6 Å². The maximum absolute atomic E-state index is 2.69. The van der Waals surface area contributed by atoms with Crippen LogP contribution in [0.2, 0.25) is 0 Å². The van der Waals surface area contributed by atoms with E-state index in [0.29, 0.717) is 10.8 Å². The summed E-state index contributed by atoms with van der Waals surface area (Å²) < 4.78 is 0. The van der Waals surface area contributed by atoms with Gasteiger partial charge >= 0.3 is 0 Å². The summed E-state index contributed by atoms with van der Waals surface area (Å²) in [6.45, 7) is 7.64. The van der Waals surface area contributed by atoms with Gasteiger partial charge in [0.05, 0.1) is 0 Å². The van der Waals surface area contributed by atoms with E-state index < -0.39 is 0 Å². The molecule has 0 amide bonds. The Morgan fingerprint density at radius 2 is 1.85 bits per heavy atom. The summed E-state index contributed by atoms with van der Waals surface area (Å²) in [5, 5.41) is 0. The Labute approximate surface area is 168 Å². The van der Waals surface area contributed by atoms with E-state index in [1.54, 1.807) is 5.57 Å². The van der Waals surface area contributed by atoms with Crippen LogP contribution in [-0.4, -0.2) is 19.0 Å². The van der Waals surface area contributed by atoms with Gasteiger partial charge in [-0.05, 0) is 110 Å². The lowest BCUT2D eigenvalue weighted by atomic mass is 9.45. The predicted octanol–water partition coefficient (Wildman–Crippen LogP) is 6.98. The normalized spacial score (nSPS) is 44.5. The fourth-order valence-electron chi connectivity index (χ4n) is 7.92. The minimum Gasteiger partial charge on any atom is -0.383 e. The number of rotatable bonds is 3. The van der Waals surface area contributed by atoms with Gasteiger partial charge in [0, 0.05) is 14.1 Å². The fourth-order valence-corrected chi connectivity index (χ4v) is 7.92. The topological polar surface area (TPSA) is 3.24 Å². The summed E-state index contributed by atoms with van der Waals surface area (Å²) >= 11 is 0. The number of nitrogens with zero attached hydrogens (tertiary/aromatic N) is 1. The van der Waals surface area contributed by atoms with Gasteiger partial charge in [0.15, 0.2) is 0 Å². The van der Waals surface area contributed by atoms with Crippen LogP contribution in [0.1, 0.15) is 78.6 Å². The zero-order valence-corrected chi connectivity index (χ0v) is 18.4. The van der Waals surface area contributed by atoms with Crippen molar-refractivity contribution in [2.75, 3.05) is 14.1 Å². The summed E-state index contributed by atoms with van der Waals surface area (Å²) in [5.41, 5.74) is 4.25. The molecular weight excluding hydrogens is 326 g/mol. The summed E-state index contributed by atoms with van der Waals surface area (Å²) in [7, 11) is 4.19. The molecule has 4 aliphatic carbocycles. The largest absolute Gasteiger partial charge is 0.383 e. The third-order valence-corrected chi connectivity index (χ3v) is 9.32. The van der Waals surface area contributed by atoms with Crippen molar-refractivity contribution in [3.63, 3.8) is 0 Å². The van der Waals surface area contributed by atoms with Crippen molar-refractivity contribution in [2.24, 2.45) is 34.5 Å². The second-order valence-corrected chi connectivity index (χ2v) is 10.9. The molecule has 4 aliphatic rings. The van der Waals surface area contributed by atoms with Crippen molar-refractivity contribution >= 4 is 0 Å². The average molecular weight is 368 g/mol. The lowest BCUT2D eigenvalue weighted by Crippen LogP contribution is -2.52. The van der Waals surface area contributed by atoms with Gasteiger partial charge in [0.1, 0.15) is 0 Å². The number of allylic oxidation sites excluding steroid dienone is 5. The first-order valence-electron chi connectivity index (χ1n) is 11.6. The van der Waals surface area contributed by atoms with E-state index in [1.165, 1.54) is 63.4 Å². The molecule has 0 aromatic rings. The SMILES string of the molecule is CC(=CC=CN(C)C)C1=CC[C@H]2[C@@H]3CCC4CCCC[C@]4(C)[C@H]3CC[C@]12C. The van der Waals surface area contributed by atoms with Crippen LogP contribution >= 0.6 is 0 Å². The van der Waals surface area contributed by atoms with E-state index in [2.05, 4.69) is 64.2 Å². The van der Waals surface area contributed by atoms with Gasteiger partial charge in [0.25, 0.3) is 0 Å². The number of hydrogen-bond acceptors (Lipinski definition) is 1. The maximum Gasteiger partial charge on any atom is 0.00556 e. The molecule has 1 nitrogen and oxygen atoms in total. The summed E-state index contributed by atoms with van der Waals surface area (Å²) in [6.07, 6.45) is 22.6. The third kappa shape index (κ3) is 3.14. The lowest BCUT2D eigenvalue weighted by molar-refractivity contribution is -0.0984. The third-order valence-electron chi connectivity index (χ3n) is 9.32. The van der Waals surface area contributed by atoms with Crippen LogP contribution in [0, 0.1) is 34.5 Å². The highest BCUT2D eigenvalue weighted by Crippen LogP contribution is 2.66. The minimum absolute atomic E-state index is 0.422. The summed E-state index contributed by atoms with van der Waals surface area (Å²) in [4.78, 5) is 2.12. The van der Waals surface area contributed by atoms with Crippen molar-refractivity contribution in [1.29, 1.82) is 0 Å². The Morgan fingerprint density at radius 3 is 2.63 bits per heavy atom. The van der Waals surface area contributed by atoms with Gasteiger partial charge in [-0.1, -0.05) is 38.8 Å². The van der Waals surface area contributed by atoms with Gasteiger partial charge in [-0.15, -0.1) is 0 Å². The first kappa shape index (κ1) is 19.3. The Balaban J connectivity index is 1.56. The Hall–Kier alpha value is -0.980. The zero-order valence-electron chi connectivity index (χ0n) is 18.4. The molecule has 4 rings (SSSR count). The summed E-state index contributed by atoms with van der Waals surface area (Å²) in [5.74, 6) is 3.90. The van der Waals surface area contributed by atoms with Gasteiger partial charge in [0.2, 0.25) is 0 Å². The molecule has 0 N–H and O–H groups in total. The second-order valence-electron chi connectivity index (χ2n) is 10.9. The van der Waals surface area contributed by atoms with Gasteiger partial charge < -0.3 is 4.90 Å². The molecule has 27 heavy (non-hydrogen) atoms.